The number of likely N-dealkylation sites (tertiary alicyclic amines) is 1. The second kappa shape index (κ2) is 8.57. The van der Waals surface area contributed by atoms with Gasteiger partial charge in [-0.2, -0.15) is 5.10 Å². The molecule has 2 N–H and O–H groups in total. The maximum atomic E-state index is 12.9. The number of H-pyrrole nitrogens is 1. The van der Waals surface area contributed by atoms with Crippen molar-refractivity contribution in [1.29, 1.82) is 0 Å². The summed E-state index contributed by atoms with van der Waals surface area (Å²) in [5.41, 5.74) is 5.39. The van der Waals surface area contributed by atoms with E-state index in [1.54, 1.807) is 0 Å². The summed E-state index contributed by atoms with van der Waals surface area (Å²) >= 11 is 0. The lowest BCUT2D eigenvalue weighted by Crippen LogP contribution is -2.35. The number of hydrogen-bond acceptors (Lipinski definition) is 3. The normalized spacial score (nSPS) is 17.5. The number of nitrogens with zero attached hydrogens (tertiary/aromatic N) is 3. The first-order valence-corrected chi connectivity index (χ1v) is 11.1. The zero-order chi connectivity index (χ0) is 22.1. The Morgan fingerprint density at radius 2 is 2.10 bits per heavy atom. The number of nitrogens with one attached hydrogen (secondary N) is 2. The Morgan fingerprint density at radius 1 is 1.32 bits per heavy atom. The van der Waals surface area contributed by atoms with E-state index in [0.29, 0.717) is 13.1 Å². The Morgan fingerprint density at radius 3 is 2.84 bits per heavy atom. The zero-order valence-electron chi connectivity index (χ0n) is 18.7. The minimum Gasteiger partial charge on any atom is -0.361 e. The molecular weight excluding hydrogens is 390 g/mol. The number of rotatable bonds is 7. The molecule has 0 bridgehead atoms. The third kappa shape index (κ3) is 4.09. The average molecular weight is 422 g/mol. The molecule has 1 aliphatic heterocycles. The number of para-hydroxylation sites is 1. The summed E-state index contributed by atoms with van der Waals surface area (Å²) < 4.78 is 1.96. The molecule has 0 radical (unpaired) electrons. The molecule has 0 spiro atoms. The van der Waals surface area contributed by atoms with Gasteiger partial charge in [0, 0.05) is 54.4 Å². The Bertz CT molecular complexity index is 1110. The first kappa shape index (κ1) is 21.2. The second-order valence-corrected chi connectivity index (χ2v) is 8.48. The number of fused-ring (bicyclic) bond motifs is 1. The van der Waals surface area contributed by atoms with Gasteiger partial charge in [0.1, 0.15) is 0 Å². The molecule has 2 atom stereocenters. The summed E-state index contributed by atoms with van der Waals surface area (Å²) in [5.74, 6) is -0.308. The highest BCUT2D eigenvalue weighted by Gasteiger charge is 2.35. The second-order valence-electron chi connectivity index (χ2n) is 8.48. The summed E-state index contributed by atoms with van der Waals surface area (Å²) in [6.07, 6.45) is 3.06. The third-order valence-corrected chi connectivity index (χ3v) is 6.44. The van der Waals surface area contributed by atoms with Crippen molar-refractivity contribution in [2.24, 2.45) is 5.92 Å². The number of hydrogen-bond donors (Lipinski definition) is 2. The highest BCUT2D eigenvalue weighted by molar-refractivity contribution is 5.89. The molecular formula is C24H31N5O2. The van der Waals surface area contributed by atoms with Gasteiger partial charge in [-0.3, -0.25) is 14.3 Å². The maximum absolute atomic E-state index is 12.9. The predicted molar refractivity (Wildman–Crippen MR) is 121 cm³/mol. The molecule has 0 unspecified atom stereocenters. The van der Waals surface area contributed by atoms with Crippen LogP contribution in [0.3, 0.4) is 0 Å². The summed E-state index contributed by atoms with van der Waals surface area (Å²) in [4.78, 5) is 30.5. The van der Waals surface area contributed by atoms with Crippen molar-refractivity contribution in [1.82, 2.24) is 25.0 Å². The topological polar surface area (TPSA) is 83.0 Å². The number of carbonyl (C=O) groups is 2. The smallest absolute Gasteiger partial charge is 0.225 e. The fourth-order valence-corrected chi connectivity index (χ4v) is 4.81. The molecule has 2 amide bonds. The molecule has 164 valence electrons. The zero-order valence-corrected chi connectivity index (χ0v) is 18.7. The minimum atomic E-state index is -0.306. The molecule has 1 fully saturated rings. The van der Waals surface area contributed by atoms with Gasteiger partial charge in [-0.15, -0.1) is 0 Å². The Labute approximate surface area is 182 Å². The van der Waals surface area contributed by atoms with Gasteiger partial charge in [-0.05, 0) is 45.7 Å². The predicted octanol–water partition coefficient (Wildman–Crippen LogP) is 3.27. The van der Waals surface area contributed by atoms with Crippen LogP contribution in [0.5, 0.6) is 0 Å². The van der Waals surface area contributed by atoms with Crippen molar-refractivity contribution in [2.75, 3.05) is 13.1 Å². The Balaban J connectivity index is 1.36. The summed E-state index contributed by atoms with van der Waals surface area (Å²) in [6.45, 7) is 9.96. The van der Waals surface area contributed by atoms with E-state index >= 15 is 0 Å². The molecule has 7 nitrogen and oxygen atoms in total. The standard InChI is InChI=1S/C24H31N5O2/c1-5-29-17(4)23(16(3)27-29)15(2)26-24(31)19-12-22(30)28(14-19)11-10-18-13-25-21-9-7-6-8-20(18)21/h6-9,13,15,19,25H,5,10-12,14H2,1-4H3,(H,26,31)/t15-,19+/m1/s1. The molecule has 1 saturated heterocycles. The van der Waals surface area contributed by atoms with E-state index in [9.17, 15) is 9.59 Å². The van der Waals surface area contributed by atoms with Gasteiger partial charge in [0.25, 0.3) is 0 Å². The molecule has 3 aromatic rings. The van der Waals surface area contributed by atoms with Crippen LogP contribution in [0.4, 0.5) is 0 Å². The van der Waals surface area contributed by atoms with Crippen LogP contribution in [-0.4, -0.2) is 44.6 Å². The molecule has 4 rings (SSSR count). The van der Waals surface area contributed by atoms with E-state index in [1.165, 1.54) is 10.9 Å². The first-order chi connectivity index (χ1) is 14.9. The number of benzene rings is 1. The van der Waals surface area contributed by atoms with Gasteiger partial charge in [0.2, 0.25) is 11.8 Å². The van der Waals surface area contributed by atoms with Crippen molar-refractivity contribution in [3.05, 3.63) is 53.0 Å². The van der Waals surface area contributed by atoms with Crippen LogP contribution in [0.2, 0.25) is 0 Å². The number of aromatic amines is 1. The molecule has 3 heterocycles. The van der Waals surface area contributed by atoms with Gasteiger partial charge in [0.15, 0.2) is 0 Å². The van der Waals surface area contributed by atoms with E-state index in [4.69, 9.17) is 0 Å². The van der Waals surface area contributed by atoms with Crippen molar-refractivity contribution in [2.45, 2.75) is 53.1 Å². The molecule has 1 aromatic carbocycles. The molecule has 31 heavy (non-hydrogen) atoms. The summed E-state index contributed by atoms with van der Waals surface area (Å²) in [5, 5.41) is 8.86. The number of carbonyl (C=O) groups excluding carboxylic acids is 2. The molecule has 7 heteroatoms. The number of amides is 2. The van der Waals surface area contributed by atoms with Crippen LogP contribution < -0.4 is 5.32 Å². The lowest BCUT2D eigenvalue weighted by molar-refractivity contribution is -0.129. The van der Waals surface area contributed by atoms with Crippen molar-refractivity contribution in [3.8, 4) is 0 Å². The first-order valence-electron chi connectivity index (χ1n) is 11.1. The fraction of sp³-hybridized carbons (Fsp3) is 0.458. The van der Waals surface area contributed by atoms with Gasteiger partial charge in [-0.25, -0.2) is 0 Å². The number of aryl methyl sites for hydroxylation is 2. The SMILES string of the molecule is CCn1nc(C)c([C@@H](C)NC(=O)[C@H]2CC(=O)N(CCc3c[nH]c4ccccc34)C2)c1C. The lowest BCUT2D eigenvalue weighted by Gasteiger charge is -2.19. The molecule has 2 aromatic heterocycles. The monoisotopic (exact) mass is 421 g/mol. The summed E-state index contributed by atoms with van der Waals surface area (Å²) in [6, 6.07) is 8.04. The van der Waals surface area contributed by atoms with Gasteiger partial charge in [0.05, 0.1) is 17.7 Å². The third-order valence-electron chi connectivity index (χ3n) is 6.44. The van der Waals surface area contributed by atoms with Crippen LogP contribution in [0.1, 0.15) is 48.8 Å². The van der Waals surface area contributed by atoms with E-state index in [2.05, 4.69) is 34.5 Å². The maximum Gasteiger partial charge on any atom is 0.225 e. The van der Waals surface area contributed by atoms with Crippen molar-refractivity contribution >= 4 is 22.7 Å². The molecule has 0 aliphatic carbocycles. The van der Waals surface area contributed by atoms with Crippen LogP contribution in [0, 0.1) is 19.8 Å². The van der Waals surface area contributed by atoms with Gasteiger partial charge in [-0.1, -0.05) is 18.2 Å². The Kier molecular flexibility index (Phi) is 5.85. The van der Waals surface area contributed by atoms with E-state index in [0.717, 1.165) is 35.4 Å². The average Bonchev–Trinajstić information content (AvgIpc) is 3.41. The Hall–Kier alpha value is -3.09. The quantitative estimate of drug-likeness (QED) is 0.614. The lowest BCUT2D eigenvalue weighted by atomic mass is 10.0. The van der Waals surface area contributed by atoms with Crippen LogP contribution >= 0.6 is 0 Å². The largest absolute Gasteiger partial charge is 0.361 e. The fourth-order valence-electron chi connectivity index (χ4n) is 4.81. The van der Waals surface area contributed by atoms with E-state index < -0.39 is 0 Å². The highest BCUT2D eigenvalue weighted by Crippen LogP contribution is 2.25. The van der Waals surface area contributed by atoms with E-state index in [-0.39, 0.29) is 30.2 Å². The van der Waals surface area contributed by atoms with Crippen LogP contribution in [0.25, 0.3) is 10.9 Å². The van der Waals surface area contributed by atoms with Crippen LogP contribution in [0.15, 0.2) is 30.5 Å². The molecule has 0 saturated carbocycles. The van der Waals surface area contributed by atoms with Crippen molar-refractivity contribution < 1.29 is 9.59 Å². The highest BCUT2D eigenvalue weighted by atomic mass is 16.2. The summed E-state index contributed by atoms with van der Waals surface area (Å²) in [7, 11) is 0. The van der Waals surface area contributed by atoms with Gasteiger partial charge >= 0.3 is 0 Å². The van der Waals surface area contributed by atoms with Gasteiger partial charge < -0.3 is 15.2 Å². The molecule has 1 aliphatic rings. The van der Waals surface area contributed by atoms with Crippen molar-refractivity contribution in [3.63, 3.8) is 0 Å². The van der Waals surface area contributed by atoms with E-state index in [1.807, 2.05) is 48.7 Å². The number of aromatic nitrogens is 3. The minimum absolute atomic E-state index is 0.0545. The van der Waals surface area contributed by atoms with Crippen LogP contribution in [-0.2, 0) is 22.6 Å².